The quantitative estimate of drug-likeness (QED) is 0.335. The lowest BCUT2D eigenvalue weighted by atomic mass is 9.84. The molecule has 1 heterocycles. The van der Waals surface area contributed by atoms with Crippen LogP contribution in [0.3, 0.4) is 0 Å². The molecule has 1 aliphatic carbocycles. The molecule has 0 bridgehead atoms. The van der Waals surface area contributed by atoms with Gasteiger partial charge in [-0.05, 0) is 33.2 Å². The van der Waals surface area contributed by atoms with E-state index in [9.17, 15) is 10.2 Å². The smallest absolute Gasteiger partial charge is 0.173 e. The highest BCUT2D eigenvalue weighted by molar-refractivity contribution is 4.98. The van der Waals surface area contributed by atoms with Gasteiger partial charge >= 0.3 is 0 Å². The summed E-state index contributed by atoms with van der Waals surface area (Å²) < 4.78 is 33.5. The number of ether oxygens (including phenoxy) is 2. The van der Waals surface area contributed by atoms with E-state index in [1.54, 1.807) is 6.92 Å². The summed E-state index contributed by atoms with van der Waals surface area (Å²) in [5.41, 5.74) is 17.8. The van der Waals surface area contributed by atoms with Gasteiger partial charge in [0, 0.05) is 22.2 Å². The number of nitrogens with one attached hydrogen (secondary N) is 1. The summed E-state index contributed by atoms with van der Waals surface area (Å²) in [6.45, 7) is -0.560. The van der Waals surface area contributed by atoms with Crippen molar-refractivity contribution in [3.63, 3.8) is 0 Å². The van der Waals surface area contributed by atoms with Gasteiger partial charge in [0.1, 0.15) is 12.2 Å². The third kappa shape index (κ3) is 3.77. The number of hydrogen-bond acceptors (Lipinski definition) is 8. The summed E-state index contributed by atoms with van der Waals surface area (Å²) in [5.74, 6) is 0. The minimum atomic E-state index is -2.28. The van der Waals surface area contributed by atoms with E-state index in [4.69, 9.17) is 30.8 Å². The van der Waals surface area contributed by atoms with E-state index in [2.05, 4.69) is 5.32 Å². The van der Waals surface area contributed by atoms with Crippen LogP contribution in [0.4, 0.5) is 0 Å². The summed E-state index contributed by atoms with van der Waals surface area (Å²) in [7, 11) is 0. The first-order valence-corrected chi connectivity index (χ1v) is 7.71. The predicted molar refractivity (Wildman–Crippen MR) is 81.8 cm³/mol. The maximum Gasteiger partial charge on any atom is 0.173 e. The van der Waals surface area contributed by atoms with E-state index in [1.165, 1.54) is 0 Å². The van der Waals surface area contributed by atoms with Crippen molar-refractivity contribution in [2.24, 2.45) is 17.2 Å². The van der Waals surface area contributed by atoms with Gasteiger partial charge < -0.3 is 42.2 Å². The highest BCUT2D eigenvalue weighted by atomic mass is 16.7. The Morgan fingerprint density at radius 2 is 1.91 bits per heavy atom. The molecule has 8 nitrogen and oxygen atoms in total. The number of aliphatic hydroxyl groups excluding tert-OH is 2. The van der Waals surface area contributed by atoms with Crippen LogP contribution in [0.1, 0.15) is 30.3 Å². The Morgan fingerprint density at radius 1 is 1.18 bits per heavy atom. The molecule has 1 aliphatic heterocycles. The topological polar surface area (TPSA) is 149 Å². The maximum absolute atomic E-state index is 10.2. The Morgan fingerprint density at radius 3 is 2.59 bits per heavy atom. The number of aliphatic hydroxyl groups is 2. The van der Waals surface area contributed by atoms with Crippen molar-refractivity contribution in [2.45, 2.75) is 81.1 Å². The Balaban J connectivity index is 2.00. The van der Waals surface area contributed by atoms with E-state index < -0.39 is 61.8 Å². The molecule has 1 saturated carbocycles. The fourth-order valence-corrected chi connectivity index (χ4v) is 3.05. The van der Waals surface area contributed by atoms with Gasteiger partial charge in [0.25, 0.3) is 0 Å². The number of rotatable bonds is 4. The van der Waals surface area contributed by atoms with Crippen LogP contribution in [0.25, 0.3) is 0 Å². The van der Waals surface area contributed by atoms with Gasteiger partial charge in [-0.3, -0.25) is 0 Å². The van der Waals surface area contributed by atoms with Gasteiger partial charge in [0.2, 0.25) is 0 Å². The Bertz CT molecular complexity index is 445. The van der Waals surface area contributed by atoms with Crippen LogP contribution in [0.2, 0.25) is 0 Å². The van der Waals surface area contributed by atoms with Crippen LogP contribution in [-0.2, 0) is 9.47 Å². The van der Waals surface area contributed by atoms with Crippen molar-refractivity contribution < 1.29 is 23.8 Å². The van der Waals surface area contributed by atoms with Crippen LogP contribution in [0.5, 0.6) is 0 Å². The molecule has 1 saturated heterocycles. The van der Waals surface area contributed by atoms with Crippen molar-refractivity contribution in [3.05, 3.63) is 0 Å². The fourth-order valence-electron chi connectivity index (χ4n) is 3.05. The molecule has 0 aromatic rings. The molecule has 2 fully saturated rings. The zero-order chi connectivity index (χ0) is 18.9. The van der Waals surface area contributed by atoms with Crippen LogP contribution in [-0.4, -0.2) is 72.1 Å². The largest absolute Gasteiger partial charge is 0.389 e. The average Bonchev–Trinajstić information content (AvgIpc) is 2.49. The molecule has 130 valence electrons. The second-order valence-electron chi connectivity index (χ2n) is 6.36. The van der Waals surface area contributed by atoms with Gasteiger partial charge in [0.15, 0.2) is 6.29 Å². The fraction of sp³-hybridized carbons (Fsp3) is 1.00. The molecular formula is C14H30N4O4. The van der Waals surface area contributed by atoms with Gasteiger partial charge in [-0.25, -0.2) is 0 Å². The van der Waals surface area contributed by atoms with Crippen LogP contribution in [0.15, 0.2) is 0 Å². The lowest BCUT2D eigenvalue weighted by molar-refractivity contribution is -0.256. The summed E-state index contributed by atoms with van der Waals surface area (Å²) in [5, 5.41) is 22.7. The monoisotopic (exact) mass is 321 g/mol. The van der Waals surface area contributed by atoms with Crippen molar-refractivity contribution in [3.8, 4) is 0 Å². The molecule has 2 aliphatic rings. The Kier molecular flexibility index (Phi) is 4.79. The first kappa shape index (κ1) is 14.1. The van der Waals surface area contributed by atoms with Crippen molar-refractivity contribution >= 4 is 0 Å². The van der Waals surface area contributed by atoms with Gasteiger partial charge in [-0.15, -0.1) is 0 Å². The molecule has 0 spiro atoms. The Labute approximate surface area is 135 Å². The van der Waals surface area contributed by atoms with Gasteiger partial charge in [-0.1, -0.05) is 0 Å². The number of hydrogen-bond donors (Lipinski definition) is 6. The normalized spacial score (nSPS) is 50.7. The lowest BCUT2D eigenvalue weighted by Crippen LogP contribution is -2.64. The van der Waals surface area contributed by atoms with Crippen LogP contribution >= 0.6 is 0 Å². The first-order chi connectivity index (χ1) is 11.5. The molecule has 8 heteroatoms. The SMILES string of the molecule is [2H]C([2H])([2H])N[C@@H](C)[C@@H]1CC[C@@H](N)[C@@H](O[C@H]2[C@H](O)[C@@H](O)[C@H](N)C[C@@H]2N)O1. The Hall–Kier alpha value is -0.320. The summed E-state index contributed by atoms with van der Waals surface area (Å²) in [6, 6.07) is -2.07. The molecule has 2 rings (SSSR count). The molecule has 0 aromatic carbocycles. The lowest BCUT2D eigenvalue weighted by Gasteiger charge is -2.44. The van der Waals surface area contributed by atoms with E-state index in [-0.39, 0.29) is 0 Å². The molecule has 0 aromatic heterocycles. The molecule has 0 radical (unpaired) electrons. The minimum absolute atomic E-state index is 0.297. The van der Waals surface area contributed by atoms with Gasteiger partial charge in [-0.2, -0.15) is 0 Å². The van der Waals surface area contributed by atoms with E-state index in [0.29, 0.717) is 19.3 Å². The second-order valence-corrected chi connectivity index (χ2v) is 6.36. The third-order valence-corrected chi connectivity index (χ3v) is 4.61. The zero-order valence-electron chi connectivity index (χ0n) is 15.8. The predicted octanol–water partition coefficient (Wildman–Crippen LogP) is -2.41. The molecule has 0 unspecified atom stereocenters. The van der Waals surface area contributed by atoms with E-state index in [1.807, 2.05) is 0 Å². The highest BCUT2D eigenvalue weighted by Gasteiger charge is 2.44. The molecule has 22 heavy (non-hydrogen) atoms. The van der Waals surface area contributed by atoms with Crippen LogP contribution in [0, 0.1) is 0 Å². The zero-order valence-corrected chi connectivity index (χ0v) is 12.8. The minimum Gasteiger partial charge on any atom is -0.389 e. The summed E-state index contributed by atoms with van der Waals surface area (Å²) in [6.07, 6.45) is -3.06. The van der Waals surface area contributed by atoms with E-state index in [0.717, 1.165) is 0 Å². The standard InChI is InChI=1S/C14H30N4O4/c1-6(18-2)10-4-3-7(15)14(21-10)22-13-9(17)5-8(16)11(19)12(13)20/h6-14,18-20H,3-5,15-17H2,1-2H3/t6-,7+,8+,9-,10-,11-,12+,13+,14+/m0/s1/i2D3. The second kappa shape index (κ2) is 7.50. The van der Waals surface area contributed by atoms with Gasteiger partial charge in [0.05, 0.1) is 18.2 Å². The van der Waals surface area contributed by atoms with Crippen LogP contribution < -0.4 is 22.5 Å². The van der Waals surface area contributed by atoms with Crippen molar-refractivity contribution in [1.82, 2.24) is 5.32 Å². The number of nitrogens with two attached hydrogens (primary N) is 3. The maximum atomic E-state index is 10.2. The van der Waals surface area contributed by atoms with E-state index >= 15 is 0 Å². The highest BCUT2D eigenvalue weighted by Crippen LogP contribution is 2.27. The molecular weight excluding hydrogens is 288 g/mol. The molecule has 9 atom stereocenters. The third-order valence-electron chi connectivity index (χ3n) is 4.61. The van der Waals surface area contributed by atoms with Crippen molar-refractivity contribution in [2.75, 3.05) is 6.98 Å². The molecule has 9 N–H and O–H groups in total. The van der Waals surface area contributed by atoms with Crippen molar-refractivity contribution in [1.29, 1.82) is 0 Å². The summed E-state index contributed by atoms with van der Waals surface area (Å²) in [4.78, 5) is 0. The molecule has 0 amide bonds. The first-order valence-electron chi connectivity index (χ1n) is 9.21. The average molecular weight is 321 g/mol. The summed E-state index contributed by atoms with van der Waals surface area (Å²) >= 11 is 0. The number of likely N-dealkylation sites (N-methyl/N-ethyl adjacent to an activating group) is 1.